The van der Waals surface area contributed by atoms with Gasteiger partial charge in [-0.25, -0.2) is 10.5 Å². The van der Waals surface area contributed by atoms with Gasteiger partial charge in [-0.1, -0.05) is 18.2 Å². The molecule has 0 aliphatic carbocycles. The Bertz CT molecular complexity index is 591. The van der Waals surface area contributed by atoms with Crippen molar-refractivity contribution in [3.63, 3.8) is 0 Å². The minimum atomic E-state index is -0.468. The predicted octanol–water partition coefficient (Wildman–Crippen LogP) is -0.614. The quantitative estimate of drug-likeness (QED) is 0.399. The zero-order valence-electron chi connectivity index (χ0n) is 8.38. The predicted molar refractivity (Wildman–Crippen MR) is 58.3 cm³/mol. The van der Waals surface area contributed by atoms with Crippen LogP contribution in [0.3, 0.4) is 0 Å². The highest BCUT2D eigenvalue weighted by Crippen LogP contribution is 2.05. The van der Waals surface area contributed by atoms with E-state index in [1.807, 2.05) is 11.5 Å². The lowest BCUT2D eigenvalue weighted by Gasteiger charge is -2.04. The van der Waals surface area contributed by atoms with Crippen LogP contribution in [-0.4, -0.2) is 15.7 Å². The lowest BCUT2D eigenvalue weighted by atomic mass is 10.2. The number of nitrogens with two attached hydrogens (primary N) is 1. The minimum absolute atomic E-state index is 0.180. The van der Waals surface area contributed by atoms with Crippen molar-refractivity contribution in [1.29, 1.82) is 0 Å². The van der Waals surface area contributed by atoms with Gasteiger partial charge in [-0.15, -0.1) is 0 Å². The van der Waals surface area contributed by atoms with Crippen molar-refractivity contribution >= 4 is 16.7 Å². The first-order valence-corrected chi connectivity index (χ1v) is 4.66. The molecule has 0 saturated heterocycles. The first-order valence-electron chi connectivity index (χ1n) is 4.66. The Labute approximate surface area is 90.6 Å². The Morgan fingerprint density at radius 3 is 2.94 bits per heavy atom. The number of carbonyl (C=O) groups excluding carboxylic acids is 1. The van der Waals surface area contributed by atoms with Gasteiger partial charge in [0.1, 0.15) is 6.54 Å². The molecule has 1 heterocycles. The van der Waals surface area contributed by atoms with Gasteiger partial charge in [0.15, 0.2) is 0 Å². The van der Waals surface area contributed by atoms with Crippen LogP contribution < -0.4 is 16.8 Å². The van der Waals surface area contributed by atoms with E-state index in [2.05, 4.69) is 5.10 Å². The third-order valence-electron chi connectivity index (χ3n) is 2.22. The normalized spacial score (nSPS) is 10.3. The third-order valence-corrected chi connectivity index (χ3v) is 2.22. The molecule has 0 bridgehead atoms. The molecule has 6 heteroatoms. The monoisotopic (exact) mass is 218 g/mol. The van der Waals surface area contributed by atoms with Crippen LogP contribution in [0.2, 0.25) is 0 Å². The van der Waals surface area contributed by atoms with Gasteiger partial charge in [0.25, 0.3) is 11.5 Å². The lowest BCUT2D eigenvalue weighted by molar-refractivity contribution is -0.121. The molecule has 2 rings (SSSR count). The lowest BCUT2D eigenvalue weighted by Crippen LogP contribution is -2.37. The number of hydrogen-bond acceptors (Lipinski definition) is 4. The van der Waals surface area contributed by atoms with Crippen LogP contribution >= 0.6 is 0 Å². The van der Waals surface area contributed by atoms with Crippen LogP contribution in [0.25, 0.3) is 10.8 Å². The van der Waals surface area contributed by atoms with Crippen LogP contribution in [0.15, 0.2) is 35.3 Å². The van der Waals surface area contributed by atoms with Crippen molar-refractivity contribution in [2.45, 2.75) is 6.54 Å². The Kier molecular flexibility index (Phi) is 2.65. The third kappa shape index (κ3) is 1.78. The number of amides is 1. The molecule has 0 atom stereocenters. The average molecular weight is 218 g/mol. The van der Waals surface area contributed by atoms with Gasteiger partial charge in [0, 0.05) is 5.39 Å². The van der Waals surface area contributed by atoms with E-state index >= 15 is 0 Å². The smallest absolute Gasteiger partial charge is 0.275 e. The van der Waals surface area contributed by atoms with Gasteiger partial charge in [-0.3, -0.25) is 15.0 Å². The van der Waals surface area contributed by atoms with E-state index in [9.17, 15) is 9.59 Å². The second-order valence-electron chi connectivity index (χ2n) is 3.26. The Hall–Kier alpha value is -2.21. The average Bonchev–Trinajstić information content (AvgIpc) is 2.33. The van der Waals surface area contributed by atoms with E-state index in [-0.39, 0.29) is 12.1 Å². The number of nitrogens with one attached hydrogen (secondary N) is 1. The van der Waals surface area contributed by atoms with Gasteiger partial charge in [0.05, 0.1) is 11.6 Å². The summed E-state index contributed by atoms with van der Waals surface area (Å²) in [5, 5.41) is 5.16. The van der Waals surface area contributed by atoms with Crippen LogP contribution in [-0.2, 0) is 11.3 Å². The first kappa shape index (κ1) is 10.3. The molecule has 3 N–H and O–H groups in total. The summed E-state index contributed by atoms with van der Waals surface area (Å²) in [5.74, 6) is 4.47. The van der Waals surface area contributed by atoms with E-state index in [0.29, 0.717) is 5.39 Å². The number of aromatic nitrogens is 2. The van der Waals surface area contributed by atoms with E-state index < -0.39 is 5.91 Å². The number of rotatable bonds is 2. The maximum Gasteiger partial charge on any atom is 0.275 e. The highest BCUT2D eigenvalue weighted by molar-refractivity contribution is 5.81. The van der Waals surface area contributed by atoms with Gasteiger partial charge in [-0.05, 0) is 6.07 Å². The molecule has 1 aromatic carbocycles. The largest absolute Gasteiger partial charge is 0.293 e. The maximum atomic E-state index is 11.9. The van der Waals surface area contributed by atoms with Crippen molar-refractivity contribution in [3.8, 4) is 0 Å². The first-order chi connectivity index (χ1) is 7.72. The molecule has 0 unspecified atom stereocenters. The maximum absolute atomic E-state index is 11.9. The molecule has 0 spiro atoms. The number of fused-ring (bicyclic) bond motifs is 1. The summed E-state index contributed by atoms with van der Waals surface area (Å²) in [7, 11) is 0. The molecule has 0 saturated carbocycles. The molecular weight excluding hydrogens is 208 g/mol. The molecule has 0 radical (unpaired) electrons. The van der Waals surface area contributed by atoms with Crippen molar-refractivity contribution in [3.05, 3.63) is 40.8 Å². The topological polar surface area (TPSA) is 90.0 Å². The van der Waals surface area contributed by atoms with E-state index in [4.69, 9.17) is 5.84 Å². The summed E-state index contributed by atoms with van der Waals surface area (Å²) in [4.78, 5) is 22.9. The fourth-order valence-corrected chi connectivity index (χ4v) is 1.42. The fraction of sp³-hybridized carbons (Fsp3) is 0.100. The Morgan fingerprint density at radius 1 is 1.44 bits per heavy atom. The molecular formula is C10H10N4O2. The number of carbonyl (C=O) groups is 1. The van der Waals surface area contributed by atoms with E-state index in [1.54, 1.807) is 24.4 Å². The summed E-state index contributed by atoms with van der Waals surface area (Å²) >= 11 is 0. The number of nitrogens with zero attached hydrogens (tertiary/aromatic N) is 2. The number of hydrazine groups is 1. The summed E-state index contributed by atoms with van der Waals surface area (Å²) in [5.41, 5.74) is 1.65. The zero-order chi connectivity index (χ0) is 11.5. The summed E-state index contributed by atoms with van der Waals surface area (Å²) in [6.45, 7) is -0.180. The molecule has 1 aromatic heterocycles. The molecule has 82 valence electrons. The standard InChI is InChI=1S/C10H10N4O2/c11-13-9(15)6-14-10(16)8-4-2-1-3-7(8)5-12-14/h1-5H,6,11H2,(H,13,15). The molecule has 16 heavy (non-hydrogen) atoms. The van der Waals surface area contributed by atoms with Crippen molar-refractivity contribution in [2.75, 3.05) is 0 Å². The summed E-state index contributed by atoms with van der Waals surface area (Å²) < 4.78 is 1.07. The van der Waals surface area contributed by atoms with Gasteiger partial charge >= 0.3 is 0 Å². The summed E-state index contributed by atoms with van der Waals surface area (Å²) in [6.07, 6.45) is 1.54. The SMILES string of the molecule is NNC(=O)Cn1ncc2ccccc2c1=O. The summed E-state index contributed by atoms with van der Waals surface area (Å²) in [6, 6.07) is 7.06. The van der Waals surface area contributed by atoms with Crippen molar-refractivity contribution in [1.82, 2.24) is 15.2 Å². The molecule has 0 aliphatic heterocycles. The van der Waals surface area contributed by atoms with E-state index in [1.165, 1.54) is 0 Å². The van der Waals surface area contributed by atoms with Crippen LogP contribution in [0.5, 0.6) is 0 Å². The Morgan fingerprint density at radius 2 is 2.19 bits per heavy atom. The van der Waals surface area contributed by atoms with Gasteiger partial charge in [-0.2, -0.15) is 5.10 Å². The van der Waals surface area contributed by atoms with Crippen LogP contribution in [0.4, 0.5) is 0 Å². The minimum Gasteiger partial charge on any atom is -0.293 e. The fourth-order valence-electron chi connectivity index (χ4n) is 1.42. The molecule has 2 aromatic rings. The molecule has 0 fully saturated rings. The van der Waals surface area contributed by atoms with Gasteiger partial charge < -0.3 is 0 Å². The van der Waals surface area contributed by atoms with E-state index in [0.717, 1.165) is 10.1 Å². The second-order valence-corrected chi connectivity index (χ2v) is 3.26. The zero-order valence-corrected chi connectivity index (χ0v) is 8.38. The van der Waals surface area contributed by atoms with Crippen molar-refractivity contribution in [2.24, 2.45) is 5.84 Å². The number of benzene rings is 1. The molecule has 1 amide bonds. The van der Waals surface area contributed by atoms with Crippen LogP contribution in [0.1, 0.15) is 0 Å². The number of hydrogen-bond donors (Lipinski definition) is 2. The molecule has 0 aliphatic rings. The Balaban J connectivity index is 2.53. The molecule has 6 nitrogen and oxygen atoms in total. The highest BCUT2D eigenvalue weighted by Gasteiger charge is 2.06. The van der Waals surface area contributed by atoms with Gasteiger partial charge in [0.2, 0.25) is 0 Å². The highest BCUT2D eigenvalue weighted by atomic mass is 16.2. The second kappa shape index (κ2) is 4.11. The van der Waals surface area contributed by atoms with Crippen LogP contribution in [0, 0.1) is 0 Å². The van der Waals surface area contributed by atoms with Crippen molar-refractivity contribution < 1.29 is 4.79 Å².